The fourth-order valence-corrected chi connectivity index (χ4v) is 6.61. The summed E-state index contributed by atoms with van der Waals surface area (Å²) >= 11 is 0. The summed E-state index contributed by atoms with van der Waals surface area (Å²) in [7, 11) is -3.67. The van der Waals surface area contributed by atoms with E-state index in [9.17, 15) is 27.9 Å². The topological polar surface area (TPSA) is 124 Å². The summed E-state index contributed by atoms with van der Waals surface area (Å²) in [4.78, 5) is 38.5. The number of piperazine rings is 1. The van der Waals surface area contributed by atoms with Crippen molar-refractivity contribution in [3.05, 3.63) is 65.7 Å². The van der Waals surface area contributed by atoms with Gasteiger partial charge in [-0.2, -0.15) is 4.31 Å². The third-order valence-corrected chi connectivity index (χ3v) is 9.38. The lowest BCUT2D eigenvalue weighted by Gasteiger charge is -2.34. The second-order valence-electron chi connectivity index (χ2n) is 9.96. The Kier molecular flexibility index (Phi) is 9.17. The van der Waals surface area contributed by atoms with Gasteiger partial charge in [-0.15, -0.1) is 0 Å². The van der Waals surface area contributed by atoms with E-state index in [0.29, 0.717) is 11.5 Å². The summed E-state index contributed by atoms with van der Waals surface area (Å²) in [5, 5.41) is 12.0. The Morgan fingerprint density at radius 2 is 1.53 bits per heavy atom. The summed E-state index contributed by atoms with van der Waals surface area (Å²) in [5.41, 5.74) is 1.53. The number of hydrogen-bond acceptors (Lipinski definition) is 5. The first-order valence-electron chi connectivity index (χ1n) is 13.2. The van der Waals surface area contributed by atoms with Crippen molar-refractivity contribution < 1.29 is 27.9 Å². The van der Waals surface area contributed by atoms with E-state index in [1.807, 2.05) is 12.1 Å². The number of nitrogens with zero attached hydrogens (tertiary/aromatic N) is 2. The molecule has 2 amide bonds. The summed E-state index contributed by atoms with van der Waals surface area (Å²) in [5.74, 6) is -1.50. The maximum Gasteiger partial charge on any atom is 0.326 e. The normalized spacial score (nSPS) is 18.1. The molecule has 0 bridgehead atoms. The van der Waals surface area contributed by atoms with Crippen LogP contribution < -0.4 is 5.32 Å². The molecule has 1 atom stereocenters. The van der Waals surface area contributed by atoms with E-state index in [4.69, 9.17) is 0 Å². The quantitative estimate of drug-likeness (QED) is 0.502. The van der Waals surface area contributed by atoms with Crippen molar-refractivity contribution in [2.45, 2.75) is 61.8 Å². The Bertz CT molecular complexity index is 1220. The molecule has 2 aliphatic rings. The Labute approximate surface area is 223 Å². The average Bonchev–Trinajstić information content (AvgIpc) is 2.96. The fourth-order valence-electron chi connectivity index (χ4n) is 5.19. The van der Waals surface area contributed by atoms with Crippen molar-refractivity contribution in [2.24, 2.45) is 0 Å². The second kappa shape index (κ2) is 12.5. The Balaban J connectivity index is 1.27. The molecule has 1 aliphatic heterocycles. The molecule has 2 aromatic carbocycles. The van der Waals surface area contributed by atoms with Crippen molar-refractivity contribution in [3.63, 3.8) is 0 Å². The van der Waals surface area contributed by atoms with Gasteiger partial charge in [-0.1, -0.05) is 49.6 Å². The number of carbonyl (C=O) groups excluding carboxylic acids is 2. The molecule has 0 unspecified atom stereocenters. The molecule has 1 saturated carbocycles. The van der Waals surface area contributed by atoms with Crippen LogP contribution in [-0.4, -0.2) is 72.7 Å². The van der Waals surface area contributed by atoms with Gasteiger partial charge in [0.05, 0.1) is 4.90 Å². The first-order valence-corrected chi connectivity index (χ1v) is 14.7. The van der Waals surface area contributed by atoms with E-state index in [-0.39, 0.29) is 49.8 Å². The zero-order valence-corrected chi connectivity index (χ0v) is 22.2. The minimum Gasteiger partial charge on any atom is -0.480 e. The number of nitrogens with one attached hydrogen (secondary N) is 1. The highest BCUT2D eigenvalue weighted by molar-refractivity contribution is 7.89. The number of sulfonamides is 1. The zero-order chi connectivity index (χ0) is 27.1. The third-order valence-electron chi connectivity index (χ3n) is 7.47. The highest BCUT2D eigenvalue weighted by atomic mass is 32.2. The smallest absolute Gasteiger partial charge is 0.326 e. The Morgan fingerprint density at radius 3 is 2.13 bits per heavy atom. The molecule has 204 valence electrons. The molecule has 2 N–H and O–H groups in total. The van der Waals surface area contributed by atoms with Gasteiger partial charge in [0.1, 0.15) is 6.04 Å². The number of carboxylic acid groups (broad SMARTS) is 1. The van der Waals surface area contributed by atoms with Crippen molar-refractivity contribution in [1.82, 2.24) is 14.5 Å². The molecule has 0 spiro atoms. The average molecular weight is 542 g/mol. The maximum atomic E-state index is 13.2. The fraction of sp³-hybridized carbons (Fsp3) is 0.464. The van der Waals surface area contributed by atoms with Crippen LogP contribution >= 0.6 is 0 Å². The predicted octanol–water partition coefficient (Wildman–Crippen LogP) is 3.23. The molecule has 1 heterocycles. The maximum absolute atomic E-state index is 13.2. The monoisotopic (exact) mass is 541 g/mol. The van der Waals surface area contributed by atoms with Gasteiger partial charge in [0.15, 0.2) is 0 Å². The predicted molar refractivity (Wildman–Crippen MR) is 142 cm³/mol. The third kappa shape index (κ3) is 6.79. The SMILES string of the molecule is O=C(N[C@@H](CCC(=O)N1CCN(S(=O)(=O)c2ccc(C3CCCCC3)cc2)CC1)C(=O)O)c1ccccc1. The number of carboxylic acids is 1. The van der Waals surface area contributed by atoms with Crippen LogP contribution in [-0.2, 0) is 19.6 Å². The van der Waals surface area contributed by atoms with Gasteiger partial charge in [-0.05, 0) is 55.0 Å². The minimum atomic E-state index is -3.67. The van der Waals surface area contributed by atoms with Gasteiger partial charge in [-0.25, -0.2) is 13.2 Å². The van der Waals surface area contributed by atoms with Crippen molar-refractivity contribution in [3.8, 4) is 0 Å². The first kappa shape index (κ1) is 27.8. The number of benzene rings is 2. The van der Waals surface area contributed by atoms with E-state index < -0.39 is 27.9 Å². The van der Waals surface area contributed by atoms with Gasteiger partial charge in [0.25, 0.3) is 5.91 Å². The molecule has 9 nitrogen and oxygen atoms in total. The summed E-state index contributed by atoms with van der Waals surface area (Å²) in [6.45, 7) is 0.801. The van der Waals surface area contributed by atoms with Crippen LogP contribution in [0.4, 0.5) is 0 Å². The molecule has 4 rings (SSSR count). The van der Waals surface area contributed by atoms with Crippen LogP contribution in [0, 0.1) is 0 Å². The molecular formula is C28H35N3O6S. The standard InChI is InChI=1S/C28H35N3O6S/c32-26(16-15-25(28(34)35)29-27(33)23-9-5-2-6-10-23)30-17-19-31(20-18-30)38(36,37)24-13-11-22(12-14-24)21-7-3-1-4-8-21/h2,5-6,9-14,21,25H,1,3-4,7-8,15-20H2,(H,29,33)(H,34,35)/t25-/m0/s1. The Hall–Kier alpha value is -3.24. The molecule has 0 radical (unpaired) electrons. The summed E-state index contributed by atoms with van der Waals surface area (Å²) in [6.07, 6.45) is 5.87. The lowest BCUT2D eigenvalue weighted by molar-refractivity contribution is -0.139. The molecule has 2 fully saturated rings. The van der Waals surface area contributed by atoms with Crippen LogP contribution in [0.15, 0.2) is 59.5 Å². The van der Waals surface area contributed by atoms with Crippen LogP contribution in [0.25, 0.3) is 0 Å². The molecule has 1 aliphatic carbocycles. The van der Waals surface area contributed by atoms with E-state index in [0.717, 1.165) is 12.8 Å². The molecule has 38 heavy (non-hydrogen) atoms. The second-order valence-corrected chi connectivity index (χ2v) is 11.9. The van der Waals surface area contributed by atoms with E-state index in [1.54, 1.807) is 47.4 Å². The lowest BCUT2D eigenvalue weighted by atomic mass is 9.84. The number of amides is 2. The Morgan fingerprint density at radius 1 is 0.895 bits per heavy atom. The van der Waals surface area contributed by atoms with Gasteiger partial charge in [0, 0.05) is 38.2 Å². The van der Waals surface area contributed by atoms with Gasteiger partial charge in [0.2, 0.25) is 15.9 Å². The van der Waals surface area contributed by atoms with Crippen LogP contribution in [0.1, 0.15) is 66.8 Å². The van der Waals surface area contributed by atoms with Crippen LogP contribution in [0.3, 0.4) is 0 Å². The number of aliphatic carboxylic acids is 1. The zero-order valence-electron chi connectivity index (χ0n) is 21.4. The first-order chi connectivity index (χ1) is 18.3. The minimum absolute atomic E-state index is 0.0569. The molecule has 2 aromatic rings. The number of carbonyl (C=O) groups is 3. The lowest BCUT2D eigenvalue weighted by Crippen LogP contribution is -2.50. The highest BCUT2D eigenvalue weighted by Gasteiger charge is 2.31. The van der Waals surface area contributed by atoms with E-state index >= 15 is 0 Å². The van der Waals surface area contributed by atoms with Gasteiger partial charge >= 0.3 is 5.97 Å². The molecule has 1 saturated heterocycles. The van der Waals surface area contributed by atoms with Crippen molar-refractivity contribution in [1.29, 1.82) is 0 Å². The van der Waals surface area contributed by atoms with Gasteiger partial charge < -0.3 is 15.3 Å². The van der Waals surface area contributed by atoms with E-state index in [1.165, 1.54) is 29.1 Å². The molecular weight excluding hydrogens is 506 g/mol. The van der Waals surface area contributed by atoms with Crippen LogP contribution in [0.5, 0.6) is 0 Å². The largest absolute Gasteiger partial charge is 0.480 e. The summed E-state index contributed by atoms with van der Waals surface area (Å²) in [6, 6.07) is 14.3. The van der Waals surface area contributed by atoms with Crippen molar-refractivity contribution in [2.75, 3.05) is 26.2 Å². The van der Waals surface area contributed by atoms with E-state index in [2.05, 4.69) is 5.32 Å². The number of rotatable bonds is 9. The molecule has 10 heteroatoms. The number of hydrogen-bond donors (Lipinski definition) is 2. The summed E-state index contributed by atoms with van der Waals surface area (Å²) < 4.78 is 27.8. The highest BCUT2D eigenvalue weighted by Crippen LogP contribution is 2.33. The van der Waals surface area contributed by atoms with Crippen molar-refractivity contribution >= 4 is 27.8 Å². The van der Waals surface area contributed by atoms with Gasteiger partial charge in [-0.3, -0.25) is 9.59 Å². The molecule has 0 aromatic heterocycles. The van der Waals surface area contributed by atoms with Crippen LogP contribution in [0.2, 0.25) is 0 Å².